The summed E-state index contributed by atoms with van der Waals surface area (Å²) in [5, 5.41) is 3.57. The highest BCUT2D eigenvalue weighted by Crippen LogP contribution is 2.24. The molecule has 0 aromatic heterocycles. The van der Waals surface area contributed by atoms with E-state index in [0.29, 0.717) is 12.0 Å². The highest BCUT2D eigenvalue weighted by atomic mass is 16.5. The number of methoxy groups -OCH3 is 1. The highest BCUT2D eigenvalue weighted by molar-refractivity contribution is 5.33. The van der Waals surface area contributed by atoms with E-state index >= 15 is 0 Å². The van der Waals surface area contributed by atoms with Gasteiger partial charge in [-0.2, -0.15) is 0 Å². The summed E-state index contributed by atoms with van der Waals surface area (Å²) < 4.78 is 5.46. The van der Waals surface area contributed by atoms with Gasteiger partial charge in [-0.1, -0.05) is 45.9 Å². The molecule has 0 amide bonds. The van der Waals surface area contributed by atoms with Crippen molar-refractivity contribution in [1.82, 2.24) is 5.32 Å². The van der Waals surface area contributed by atoms with Gasteiger partial charge < -0.3 is 10.1 Å². The fraction of sp³-hybridized carbons (Fsp3) is 0.647. The van der Waals surface area contributed by atoms with E-state index in [9.17, 15) is 0 Å². The van der Waals surface area contributed by atoms with Crippen LogP contribution in [0.5, 0.6) is 5.75 Å². The second-order valence-electron chi connectivity index (χ2n) is 6.07. The van der Waals surface area contributed by atoms with Gasteiger partial charge in [0.1, 0.15) is 5.75 Å². The van der Waals surface area contributed by atoms with E-state index in [-0.39, 0.29) is 0 Å². The highest BCUT2D eigenvalue weighted by Gasteiger charge is 2.14. The summed E-state index contributed by atoms with van der Waals surface area (Å²) in [4.78, 5) is 0. The van der Waals surface area contributed by atoms with E-state index in [2.05, 4.69) is 51.2 Å². The molecule has 0 aliphatic carbocycles. The third-order valence-corrected chi connectivity index (χ3v) is 3.32. The molecule has 1 unspecified atom stereocenters. The lowest BCUT2D eigenvalue weighted by molar-refractivity contribution is 0.362. The predicted molar refractivity (Wildman–Crippen MR) is 82.8 cm³/mol. The minimum Gasteiger partial charge on any atom is -0.496 e. The third kappa shape index (κ3) is 6.11. The predicted octanol–water partition coefficient (Wildman–Crippen LogP) is 3.90. The molecular formula is C17H29NO. The molecule has 0 bridgehead atoms. The van der Waals surface area contributed by atoms with Crippen molar-refractivity contribution < 1.29 is 4.74 Å². The van der Waals surface area contributed by atoms with Gasteiger partial charge in [0.2, 0.25) is 0 Å². The molecule has 1 rings (SSSR count). The van der Waals surface area contributed by atoms with Gasteiger partial charge >= 0.3 is 0 Å². The van der Waals surface area contributed by atoms with Crippen molar-refractivity contribution in [3.8, 4) is 5.75 Å². The summed E-state index contributed by atoms with van der Waals surface area (Å²) in [6.07, 6.45) is 2.33. The number of nitrogens with one attached hydrogen (secondary N) is 1. The summed E-state index contributed by atoms with van der Waals surface area (Å²) in [5.41, 5.74) is 1.32. The standard InChI is InChI=1S/C17H29NO/c1-13(2)10-15(12-18-14(3)4)11-16-8-6-7-9-17(16)19-5/h6-9,13-15,18H,10-12H2,1-5H3. The molecular weight excluding hydrogens is 234 g/mol. The van der Waals surface area contributed by atoms with Crippen LogP contribution in [0.2, 0.25) is 0 Å². The molecule has 0 radical (unpaired) electrons. The topological polar surface area (TPSA) is 21.3 Å². The van der Waals surface area contributed by atoms with Crippen molar-refractivity contribution in [1.29, 1.82) is 0 Å². The maximum absolute atomic E-state index is 5.46. The van der Waals surface area contributed by atoms with Crippen molar-refractivity contribution >= 4 is 0 Å². The van der Waals surface area contributed by atoms with E-state index in [1.165, 1.54) is 12.0 Å². The lowest BCUT2D eigenvalue weighted by atomic mass is 9.90. The van der Waals surface area contributed by atoms with Crippen LogP contribution < -0.4 is 10.1 Å². The molecule has 0 aliphatic heterocycles. The van der Waals surface area contributed by atoms with Gasteiger partial charge in [0, 0.05) is 6.04 Å². The number of ether oxygens (including phenoxy) is 1. The maximum Gasteiger partial charge on any atom is 0.122 e. The lowest BCUT2D eigenvalue weighted by Gasteiger charge is -2.22. The average Bonchev–Trinajstić information content (AvgIpc) is 2.36. The zero-order chi connectivity index (χ0) is 14.3. The van der Waals surface area contributed by atoms with E-state index in [1.54, 1.807) is 7.11 Å². The lowest BCUT2D eigenvalue weighted by Crippen LogP contribution is -2.30. The second kappa shape index (κ2) is 8.21. The number of para-hydroxylation sites is 1. The van der Waals surface area contributed by atoms with Gasteiger partial charge in [-0.05, 0) is 42.9 Å². The molecule has 1 N–H and O–H groups in total. The molecule has 0 saturated carbocycles. The summed E-state index contributed by atoms with van der Waals surface area (Å²) in [7, 11) is 1.75. The van der Waals surface area contributed by atoms with Crippen molar-refractivity contribution in [2.45, 2.75) is 46.6 Å². The first-order valence-corrected chi connectivity index (χ1v) is 7.38. The molecule has 0 saturated heterocycles. The molecule has 0 fully saturated rings. The van der Waals surface area contributed by atoms with Gasteiger partial charge in [0.15, 0.2) is 0 Å². The van der Waals surface area contributed by atoms with E-state index in [0.717, 1.165) is 24.6 Å². The second-order valence-corrected chi connectivity index (χ2v) is 6.07. The fourth-order valence-electron chi connectivity index (χ4n) is 2.49. The number of hydrogen-bond acceptors (Lipinski definition) is 2. The van der Waals surface area contributed by atoms with E-state index in [4.69, 9.17) is 4.74 Å². The Morgan fingerprint density at radius 2 is 1.79 bits per heavy atom. The molecule has 2 nitrogen and oxygen atoms in total. The summed E-state index contributed by atoms with van der Waals surface area (Å²) in [6.45, 7) is 10.1. The van der Waals surface area contributed by atoms with Crippen LogP contribution in [0, 0.1) is 11.8 Å². The molecule has 1 atom stereocenters. The van der Waals surface area contributed by atoms with Crippen molar-refractivity contribution in [3.63, 3.8) is 0 Å². The van der Waals surface area contributed by atoms with Crippen LogP contribution >= 0.6 is 0 Å². The van der Waals surface area contributed by atoms with Gasteiger partial charge in [-0.3, -0.25) is 0 Å². The molecule has 1 aromatic rings. The third-order valence-electron chi connectivity index (χ3n) is 3.32. The molecule has 0 aliphatic rings. The fourth-order valence-corrected chi connectivity index (χ4v) is 2.49. The zero-order valence-electron chi connectivity index (χ0n) is 13.1. The van der Waals surface area contributed by atoms with Gasteiger partial charge in [0.25, 0.3) is 0 Å². The van der Waals surface area contributed by atoms with Gasteiger partial charge in [-0.15, -0.1) is 0 Å². The Hall–Kier alpha value is -1.02. The van der Waals surface area contributed by atoms with Gasteiger partial charge in [0.05, 0.1) is 7.11 Å². The molecule has 1 aromatic carbocycles. The number of rotatable bonds is 8. The van der Waals surface area contributed by atoms with Crippen LogP contribution in [0.15, 0.2) is 24.3 Å². The van der Waals surface area contributed by atoms with Crippen molar-refractivity contribution in [3.05, 3.63) is 29.8 Å². The van der Waals surface area contributed by atoms with Crippen molar-refractivity contribution in [2.24, 2.45) is 11.8 Å². The normalized spacial score (nSPS) is 13.0. The Morgan fingerprint density at radius 1 is 1.11 bits per heavy atom. The average molecular weight is 263 g/mol. The van der Waals surface area contributed by atoms with Crippen molar-refractivity contribution in [2.75, 3.05) is 13.7 Å². The van der Waals surface area contributed by atoms with Crippen LogP contribution in [0.4, 0.5) is 0 Å². The number of hydrogen-bond donors (Lipinski definition) is 1. The zero-order valence-corrected chi connectivity index (χ0v) is 13.1. The monoisotopic (exact) mass is 263 g/mol. The summed E-state index contributed by atoms with van der Waals surface area (Å²) in [5.74, 6) is 2.41. The molecule has 19 heavy (non-hydrogen) atoms. The minimum absolute atomic E-state index is 0.548. The first-order chi connectivity index (χ1) is 9.02. The molecule has 0 heterocycles. The minimum atomic E-state index is 0.548. The molecule has 2 heteroatoms. The van der Waals surface area contributed by atoms with E-state index < -0.39 is 0 Å². The Kier molecular flexibility index (Phi) is 6.93. The van der Waals surface area contributed by atoms with Crippen LogP contribution in [-0.4, -0.2) is 19.7 Å². The Balaban J connectivity index is 2.69. The summed E-state index contributed by atoms with van der Waals surface area (Å²) in [6, 6.07) is 8.92. The molecule has 108 valence electrons. The smallest absolute Gasteiger partial charge is 0.122 e. The molecule has 0 spiro atoms. The first kappa shape index (κ1) is 16.0. The largest absolute Gasteiger partial charge is 0.496 e. The SMILES string of the molecule is COc1ccccc1CC(CNC(C)C)CC(C)C. The van der Waals surface area contributed by atoms with Crippen LogP contribution in [0.3, 0.4) is 0 Å². The van der Waals surface area contributed by atoms with Crippen LogP contribution in [0.25, 0.3) is 0 Å². The Labute approximate surface area is 118 Å². The first-order valence-electron chi connectivity index (χ1n) is 7.38. The maximum atomic E-state index is 5.46. The Morgan fingerprint density at radius 3 is 2.37 bits per heavy atom. The van der Waals surface area contributed by atoms with E-state index in [1.807, 2.05) is 6.07 Å². The van der Waals surface area contributed by atoms with Crippen LogP contribution in [0.1, 0.15) is 39.7 Å². The van der Waals surface area contributed by atoms with Crippen LogP contribution in [-0.2, 0) is 6.42 Å². The number of benzene rings is 1. The van der Waals surface area contributed by atoms with Gasteiger partial charge in [-0.25, -0.2) is 0 Å². The quantitative estimate of drug-likeness (QED) is 0.768. The summed E-state index contributed by atoms with van der Waals surface area (Å²) >= 11 is 0. The Bertz CT molecular complexity index is 360.